The molecule has 0 heterocycles. The van der Waals surface area contributed by atoms with Gasteiger partial charge in [-0.1, -0.05) is 12.1 Å². The van der Waals surface area contributed by atoms with E-state index < -0.39 is 0 Å². The molecule has 0 aliphatic carbocycles. The first-order valence-corrected chi connectivity index (χ1v) is 15.1. The van der Waals surface area contributed by atoms with Crippen LogP contribution in [0.5, 0.6) is 11.5 Å². The molecule has 4 rings (SSSR count). The molecule has 0 saturated carbocycles. The van der Waals surface area contributed by atoms with Crippen LogP contribution < -0.4 is 0 Å². The van der Waals surface area contributed by atoms with Gasteiger partial charge >= 0.3 is 0 Å². The second kappa shape index (κ2) is 12.1. The van der Waals surface area contributed by atoms with Crippen molar-refractivity contribution < 1.29 is 10.2 Å². The minimum absolute atomic E-state index is 0.249. The number of phenols is 2. The summed E-state index contributed by atoms with van der Waals surface area (Å²) < 4.78 is 3.72. The molecule has 0 spiro atoms. The second-order valence-corrected chi connectivity index (χ2v) is 13.0. The zero-order chi connectivity index (χ0) is 26.0. The molecule has 0 saturated heterocycles. The first-order valence-electron chi connectivity index (χ1n) is 10.8. The van der Waals surface area contributed by atoms with Crippen molar-refractivity contribution >= 4 is 114 Å². The molecule has 0 aliphatic rings. The predicted octanol–water partition coefficient (Wildman–Crippen LogP) is 9.30. The van der Waals surface area contributed by atoms with Crippen LogP contribution in [-0.2, 0) is 0 Å². The average Bonchev–Trinajstić information content (AvgIpc) is 2.83. The molecule has 0 bridgehead atoms. The lowest BCUT2D eigenvalue weighted by Gasteiger charge is -2.09. The molecule has 0 unspecified atom stereocenters. The fraction of sp³-hybridized carbons (Fsp3) is 0.0714. The van der Waals surface area contributed by atoms with Crippen molar-refractivity contribution in [3.63, 3.8) is 0 Å². The summed E-state index contributed by atoms with van der Waals surface area (Å²) in [5.41, 5.74) is 7.42. The zero-order valence-corrected chi connectivity index (χ0v) is 27.9. The minimum atomic E-state index is 0.249. The number of nitrogens with zero attached hydrogens (tertiary/aromatic N) is 2. The van der Waals surface area contributed by atoms with Crippen LogP contribution >= 0.6 is 90.4 Å². The van der Waals surface area contributed by atoms with Crippen molar-refractivity contribution in [2.45, 2.75) is 13.8 Å². The Balaban J connectivity index is 1.57. The fourth-order valence-electron chi connectivity index (χ4n) is 3.61. The Bertz CT molecular complexity index is 1420. The molecule has 4 aromatic carbocycles. The molecular weight excluding hydrogens is 904 g/mol. The van der Waals surface area contributed by atoms with Gasteiger partial charge in [-0.05, 0) is 175 Å². The van der Waals surface area contributed by atoms with Crippen LogP contribution in [0.25, 0.3) is 11.1 Å². The van der Waals surface area contributed by atoms with Crippen molar-refractivity contribution in [2.75, 3.05) is 0 Å². The van der Waals surface area contributed by atoms with Crippen LogP contribution in [0, 0.1) is 28.1 Å². The van der Waals surface area contributed by atoms with Gasteiger partial charge in [-0.25, -0.2) is 0 Å². The van der Waals surface area contributed by atoms with Gasteiger partial charge in [0.2, 0.25) is 0 Å². The highest BCUT2D eigenvalue weighted by Crippen LogP contribution is 2.32. The topological polar surface area (TPSA) is 65.2 Å². The normalized spacial score (nSPS) is 11.6. The molecule has 0 aromatic heterocycles. The van der Waals surface area contributed by atoms with E-state index in [4.69, 9.17) is 0 Å². The molecule has 4 aromatic rings. The smallest absolute Gasteiger partial charge is 0.137 e. The molecule has 0 radical (unpaired) electrons. The van der Waals surface area contributed by atoms with E-state index in [1.807, 2.05) is 50.2 Å². The van der Waals surface area contributed by atoms with E-state index in [0.717, 1.165) is 47.9 Å². The van der Waals surface area contributed by atoms with Crippen LogP contribution in [0.1, 0.15) is 22.3 Å². The maximum Gasteiger partial charge on any atom is 0.137 e. The Morgan fingerprint density at radius 2 is 0.972 bits per heavy atom. The number of halogens is 4. The molecular formula is C28H20I4N2O2. The third kappa shape index (κ3) is 6.59. The van der Waals surface area contributed by atoms with Crippen molar-refractivity contribution in [3.8, 4) is 22.6 Å². The molecule has 2 N–H and O–H groups in total. The van der Waals surface area contributed by atoms with Crippen molar-refractivity contribution in [1.29, 1.82) is 0 Å². The van der Waals surface area contributed by atoms with Gasteiger partial charge in [0.15, 0.2) is 0 Å². The summed E-state index contributed by atoms with van der Waals surface area (Å²) in [7, 11) is 0. The monoisotopic (exact) mass is 924 g/mol. The summed E-state index contributed by atoms with van der Waals surface area (Å²) in [4.78, 5) is 9.25. The lowest BCUT2D eigenvalue weighted by atomic mass is 10.00. The third-order valence-electron chi connectivity index (χ3n) is 5.53. The van der Waals surface area contributed by atoms with E-state index in [-0.39, 0.29) is 11.5 Å². The molecule has 182 valence electrons. The van der Waals surface area contributed by atoms with Gasteiger partial charge in [-0.3, -0.25) is 9.98 Å². The molecule has 0 amide bonds. The highest BCUT2D eigenvalue weighted by atomic mass is 127. The maximum absolute atomic E-state index is 10.3. The number of hydrogen-bond acceptors (Lipinski definition) is 4. The van der Waals surface area contributed by atoms with E-state index in [1.54, 1.807) is 12.4 Å². The molecule has 8 heteroatoms. The van der Waals surface area contributed by atoms with Gasteiger partial charge < -0.3 is 10.2 Å². The van der Waals surface area contributed by atoms with Crippen LogP contribution in [0.3, 0.4) is 0 Å². The first kappa shape index (κ1) is 27.8. The minimum Gasteiger partial charge on any atom is -0.506 e. The maximum atomic E-state index is 10.3. The number of benzene rings is 4. The number of hydrogen-bond donors (Lipinski definition) is 2. The predicted molar refractivity (Wildman–Crippen MR) is 183 cm³/mol. The second-order valence-electron chi connectivity index (χ2n) is 8.17. The quantitative estimate of drug-likeness (QED) is 0.155. The average molecular weight is 924 g/mol. The Kier molecular flexibility index (Phi) is 9.31. The van der Waals surface area contributed by atoms with Crippen molar-refractivity contribution in [2.24, 2.45) is 9.98 Å². The molecule has 0 fully saturated rings. The largest absolute Gasteiger partial charge is 0.506 e. The lowest BCUT2D eigenvalue weighted by Crippen LogP contribution is -1.89. The molecule has 0 aliphatic heterocycles. The molecule has 36 heavy (non-hydrogen) atoms. The fourth-order valence-corrected chi connectivity index (χ4v) is 7.39. The highest BCUT2D eigenvalue weighted by Gasteiger charge is 2.08. The van der Waals surface area contributed by atoms with Crippen LogP contribution in [0.4, 0.5) is 11.4 Å². The Morgan fingerprint density at radius 1 is 0.583 bits per heavy atom. The van der Waals surface area contributed by atoms with Gasteiger partial charge in [-0.2, -0.15) is 0 Å². The summed E-state index contributed by atoms with van der Waals surface area (Å²) in [5.74, 6) is 0.499. The van der Waals surface area contributed by atoms with E-state index in [0.29, 0.717) is 11.1 Å². The van der Waals surface area contributed by atoms with Gasteiger partial charge in [0.1, 0.15) is 11.5 Å². The number of phenolic OH excluding ortho intramolecular Hbond substituents is 2. The Hall–Kier alpha value is -1.26. The number of aryl methyl sites for hydroxylation is 2. The molecule has 4 nitrogen and oxygen atoms in total. The molecule has 0 atom stereocenters. The van der Waals surface area contributed by atoms with E-state index >= 15 is 0 Å². The Labute approximate surface area is 264 Å². The van der Waals surface area contributed by atoms with Gasteiger partial charge in [0.05, 0.1) is 18.5 Å². The van der Waals surface area contributed by atoms with Crippen molar-refractivity contribution in [3.05, 3.63) is 97.2 Å². The van der Waals surface area contributed by atoms with Crippen molar-refractivity contribution in [1.82, 2.24) is 0 Å². The summed E-state index contributed by atoms with van der Waals surface area (Å²) in [6, 6.07) is 20.0. The lowest BCUT2D eigenvalue weighted by molar-refractivity contribution is 0.470. The number of aliphatic imine (C=N–C) groups is 2. The highest BCUT2D eigenvalue weighted by molar-refractivity contribution is 14.1. The van der Waals surface area contributed by atoms with Crippen LogP contribution in [0.15, 0.2) is 70.6 Å². The number of rotatable bonds is 5. The standard InChI is InChI=1S/C28H20I4N2O2/c1-15-7-17(3-5-25(15)33-13-19-9-21(29)11-23(31)27(19)35)18-4-6-26(16(2)8-18)34-14-20-10-22(30)12-24(32)28(20)36/h3-14,35-36H,1-2H3. The summed E-state index contributed by atoms with van der Waals surface area (Å²) >= 11 is 8.73. The Morgan fingerprint density at radius 3 is 1.33 bits per heavy atom. The van der Waals surface area contributed by atoms with E-state index in [1.165, 1.54) is 0 Å². The van der Waals surface area contributed by atoms with Crippen LogP contribution in [-0.4, -0.2) is 22.6 Å². The van der Waals surface area contributed by atoms with E-state index in [9.17, 15) is 10.2 Å². The van der Waals surface area contributed by atoms with E-state index in [2.05, 4.69) is 125 Å². The summed E-state index contributed by atoms with van der Waals surface area (Å²) in [6.07, 6.45) is 3.43. The summed E-state index contributed by atoms with van der Waals surface area (Å²) in [5, 5.41) is 20.7. The number of aromatic hydroxyl groups is 2. The zero-order valence-electron chi connectivity index (χ0n) is 19.2. The third-order valence-corrected chi connectivity index (χ3v) is 8.42. The van der Waals surface area contributed by atoms with Gasteiger partial charge in [0, 0.05) is 30.7 Å². The summed E-state index contributed by atoms with van der Waals surface area (Å²) in [6.45, 7) is 4.07. The van der Waals surface area contributed by atoms with Gasteiger partial charge in [0.25, 0.3) is 0 Å². The SMILES string of the molecule is Cc1cc(-c2ccc(N=Cc3cc(I)cc(I)c3O)c(C)c2)ccc1N=Cc1cc(I)cc(I)c1O. The van der Waals surface area contributed by atoms with Gasteiger partial charge in [-0.15, -0.1) is 0 Å². The first-order chi connectivity index (χ1) is 17.1. The van der Waals surface area contributed by atoms with Crippen LogP contribution in [0.2, 0.25) is 0 Å².